The summed E-state index contributed by atoms with van der Waals surface area (Å²) in [6.07, 6.45) is 1.59. The van der Waals surface area contributed by atoms with Crippen molar-refractivity contribution < 1.29 is 9.21 Å². The summed E-state index contributed by atoms with van der Waals surface area (Å²) < 4.78 is 5.21. The fraction of sp³-hybridized carbons (Fsp3) is 0.364. The Morgan fingerprint density at radius 3 is 2.94 bits per heavy atom. The van der Waals surface area contributed by atoms with Crippen LogP contribution in [0.4, 0.5) is 0 Å². The molecule has 1 N–H and O–H groups in total. The molecule has 2 aromatic rings. The standard InChI is InChI=1S/C11H14N4O2/c1-3-15(7-9-5-4-6-17-9)11(16)10-12-8(2)13-14-10/h4-6H,3,7H2,1-2H3,(H,12,13,14). The van der Waals surface area contributed by atoms with Crippen molar-refractivity contribution >= 4 is 5.91 Å². The van der Waals surface area contributed by atoms with E-state index in [9.17, 15) is 4.79 Å². The van der Waals surface area contributed by atoms with Crippen molar-refractivity contribution in [2.24, 2.45) is 0 Å². The van der Waals surface area contributed by atoms with E-state index in [-0.39, 0.29) is 11.7 Å². The minimum Gasteiger partial charge on any atom is -0.467 e. The molecule has 6 heteroatoms. The molecule has 90 valence electrons. The van der Waals surface area contributed by atoms with Crippen molar-refractivity contribution in [3.8, 4) is 0 Å². The Hall–Kier alpha value is -2.11. The molecule has 17 heavy (non-hydrogen) atoms. The van der Waals surface area contributed by atoms with Crippen LogP contribution in [0.15, 0.2) is 22.8 Å². The largest absolute Gasteiger partial charge is 0.467 e. The number of aryl methyl sites for hydroxylation is 1. The lowest BCUT2D eigenvalue weighted by Crippen LogP contribution is -2.31. The van der Waals surface area contributed by atoms with Gasteiger partial charge >= 0.3 is 0 Å². The number of H-pyrrole nitrogens is 1. The molecule has 0 aromatic carbocycles. The van der Waals surface area contributed by atoms with Gasteiger partial charge in [0.1, 0.15) is 11.6 Å². The Bertz CT molecular complexity index is 489. The van der Waals surface area contributed by atoms with Crippen molar-refractivity contribution in [2.45, 2.75) is 20.4 Å². The zero-order valence-corrected chi connectivity index (χ0v) is 9.80. The number of amides is 1. The van der Waals surface area contributed by atoms with E-state index in [4.69, 9.17) is 4.42 Å². The molecule has 0 bridgehead atoms. The third-order valence-corrected chi connectivity index (χ3v) is 2.38. The SMILES string of the molecule is CCN(Cc1ccco1)C(=O)c1n[nH]c(C)n1. The highest BCUT2D eigenvalue weighted by molar-refractivity contribution is 5.90. The number of furan rings is 1. The summed E-state index contributed by atoms with van der Waals surface area (Å²) in [7, 11) is 0. The first kappa shape index (κ1) is 11.4. The maximum atomic E-state index is 12.1. The molecule has 2 heterocycles. The molecule has 1 amide bonds. The van der Waals surface area contributed by atoms with Crippen LogP contribution >= 0.6 is 0 Å². The zero-order valence-electron chi connectivity index (χ0n) is 9.80. The number of carbonyl (C=O) groups excluding carboxylic acids is 1. The number of nitrogens with one attached hydrogen (secondary N) is 1. The average Bonchev–Trinajstić information content (AvgIpc) is 2.96. The minimum atomic E-state index is -0.201. The van der Waals surface area contributed by atoms with Crippen LogP contribution in [0, 0.1) is 6.92 Å². The second-order valence-electron chi connectivity index (χ2n) is 3.64. The van der Waals surface area contributed by atoms with Crippen molar-refractivity contribution in [1.82, 2.24) is 20.1 Å². The number of nitrogens with zero attached hydrogens (tertiary/aromatic N) is 3. The van der Waals surface area contributed by atoms with E-state index in [1.54, 1.807) is 24.2 Å². The molecule has 0 spiro atoms. The maximum Gasteiger partial charge on any atom is 0.293 e. The molecule has 0 unspecified atom stereocenters. The van der Waals surface area contributed by atoms with Gasteiger partial charge in [0, 0.05) is 6.54 Å². The van der Waals surface area contributed by atoms with Crippen LogP contribution < -0.4 is 0 Å². The summed E-state index contributed by atoms with van der Waals surface area (Å²) in [5.74, 6) is 1.36. The van der Waals surface area contributed by atoms with Gasteiger partial charge in [-0.2, -0.15) is 0 Å². The van der Waals surface area contributed by atoms with Gasteiger partial charge in [0.05, 0.1) is 12.8 Å². The molecule has 0 aliphatic heterocycles. The Kier molecular flexibility index (Phi) is 3.22. The van der Waals surface area contributed by atoms with E-state index in [1.807, 2.05) is 13.0 Å². The fourth-order valence-electron chi connectivity index (χ4n) is 1.50. The van der Waals surface area contributed by atoms with Crippen LogP contribution in [0.5, 0.6) is 0 Å². The van der Waals surface area contributed by atoms with Gasteiger partial charge in [-0.05, 0) is 26.0 Å². The number of hydrogen-bond acceptors (Lipinski definition) is 4. The average molecular weight is 234 g/mol. The summed E-state index contributed by atoms with van der Waals surface area (Å²) in [4.78, 5) is 17.7. The predicted octanol–water partition coefficient (Wildman–Crippen LogP) is 1.37. The quantitative estimate of drug-likeness (QED) is 0.866. The van der Waals surface area contributed by atoms with Crippen LogP contribution in [0.25, 0.3) is 0 Å². The van der Waals surface area contributed by atoms with Gasteiger partial charge in [-0.15, -0.1) is 5.10 Å². The van der Waals surface area contributed by atoms with Gasteiger partial charge in [0.2, 0.25) is 5.82 Å². The highest BCUT2D eigenvalue weighted by atomic mass is 16.3. The van der Waals surface area contributed by atoms with Crippen molar-refractivity contribution in [3.63, 3.8) is 0 Å². The number of hydrogen-bond donors (Lipinski definition) is 1. The summed E-state index contributed by atoms with van der Waals surface area (Å²) in [5.41, 5.74) is 0. The van der Waals surface area contributed by atoms with E-state index >= 15 is 0 Å². The number of rotatable bonds is 4. The first-order chi connectivity index (χ1) is 8.20. The number of carbonyl (C=O) groups is 1. The summed E-state index contributed by atoms with van der Waals surface area (Å²) in [6.45, 7) is 4.66. The van der Waals surface area contributed by atoms with Gasteiger partial charge in [-0.3, -0.25) is 9.89 Å². The topological polar surface area (TPSA) is 75.0 Å². The van der Waals surface area contributed by atoms with Gasteiger partial charge in [0.15, 0.2) is 0 Å². The second-order valence-corrected chi connectivity index (χ2v) is 3.64. The maximum absolute atomic E-state index is 12.1. The molecular formula is C11H14N4O2. The zero-order chi connectivity index (χ0) is 12.3. The molecule has 0 saturated heterocycles. The van der Waals surface area contributed by atoms with Crippen LogP contribution in [0.2, 0.25) is 0 Å². The predicted molar refractivity (Wildman–Crippen MR) is 60.2 cm³/mol. The normalized spacial score (nSPS) is 10.5. The second kappa shape index (κ2) is 4.82. The van der Waals surface area contributed by atoms with Crippen LogP contribution in [0.3, 0.4) is 0 Å². The summed E-state index contributed by atoms with van der Waals surface area (Å²) in [5, 5.41) is 6.51. The van der Waals surface area contributed by atoms with Gasteiger partial charge in [-0.25, -0.2) is 4.98 Å². The molecule has 2 aromatic heterocycles. The highest BCUT2D eigenvalue weighted by Gasteiger charge is 2.19. The molecule has 0 radical (unpaired) electrons. The lowest BCUT2D eigenvalue weighted by molar-refractivity contribution is 0.0729. The third kappa shape index (κ3) is 2.52. The smallest absolute Gasteiger partial charge is 0.293 e. The lowest BCUT2D eigenvalue weighted by Gasteiger charge is -2.17. The van der Waals surface area contributed by atoms with Gasteiger partial charge < -0.3 is 9.32 Å². The molecule has 0 saturated carbocycles. The highest BCUT2D eigenvalue weighted by Crippen LogP contribution is 2.08. The van der Waals surface area contributed by atoms with Crippen LogP contribution in [-0.2, 0) is 6.54 Å². The van der Waals surface area contributed by atoms with Crippen molar-refractivity contribution in [1.29, 1.82) is 0 Å². The van der Waals surface area contributed by atoms with Gasteiger partial charge in [0.25, 0.3) is 5.91 Å². The monoisotopic (exact) mass is 234 g/mol. The van der Waals surface area contributed by atoms with Crippen LogP contribution in [0.1, 0.15) is 29.1 Å². The third-order valence-electron chi connectivity index (χ3n) is 2.38. The molecule has 0 aliphatic rings. The number of aromatic nitrogens is 3. The van der Waals surface area contributed by atoms with Crippen molar-refractivity contribution in [2.75, 3.05) is 6.54 Å². The van der Waals surface area contributed by atoms with Crippen LogP contribution in [-0.4, -0.2) is 32.5 Å². The Balaban J connectivity index is 2.10. The molecule has 2 rings (SSSR count). The Morgan fingerprint density at radius 1 is 1.59 bits per heavy atom. The molecule has 0 aliphatic carbocycles. The van der Waals surface area contributed by atoms with E-state index in [2.05, 4.69) is 15.2 Å². The molecular weight excluding hydrogens is 220 g/mol. The minimum absolute atomic E-state index is 0.191. The summed E-state index contributed by atoms with van der Waals surface area (Å²) in [6, 6.07) is 3.63. The first-order valence-corrected chi connectivity index (χ1v) is 5.41. The van der Waals surface area contributed by atoms with Crippen molar-refractivity contribution in [3.05, 3.63) is 35.8 Å². The fourth-order valence-corrected chi connectivity index (χ4v) is 1.50. The number of aromatic amines is 1. The summed E-state index contributed by atoms with van der Waals surface area (Å²) >= 11 is 0. The van der Waals surface area contributed by atoms with E-state index in [0.717, 1.165) is 5.76 Å². The lowest BCUT2D eigenvalue weighted by atomic mass is 10.3. The molecule has 0 fully saturated rings. The first-order valence-electron chi connectivity index (χ1n) is 5.41. The van der Waals surface area contributed by atoms with E-state index in [1.165, 1.54) is 0 Å². The Labute approximate surface area is 98.6 Å². The Morgan fingerprint density at radius 2 is 2.41 bits per heavy atom. The van der Waals surface area contributed by atoms with E-state index in [0.29, 0.717) is 18.9 Å². The molecule has 0 atom stereocenters. The van der Waals surface area contributed by atoms with E-state index < -0.39 is 0 Å². The molecule has 6 nitrogen and oxygen atoms in total. The van der Waals surface area contributed by atoms with Gasteiger partial charge in [-0.1, -0.05) is 0 Å².